The van der Waals surface area contributed by atoms with Gasteiger partial charge in [0.25, 0.3) is 0 Å². The third-order valence-electron chi connectivity index (χ3n) is 5.20. The van der Waals surface area contributed by atoms with Crippen LogP contribution in [-0.4, -0.2) is 24.8 Å². The Kier molecular flexibility index (Phi) is 5.91. The van der Waals surface area contributed by atoms with Crippen LogP contribution in [-0.2, 0) is 0 Å². The summed E-state index contributed by atoms with van der Waals surface area (Å²) in [4.78, 5) is 27.9. The number of thiophene rings is 1. The van der Waals surface area contributed by atoms with E-state index < -0.39 is 5.97 Å². The van der Waals surface area contributed by atoms with Crippen molar-refractivity contribution < 1.29 is 19.1 Å². The Hall–Kier alpha value is -3.38. The van der Waals surface area contributed by atoms with E-state index in [9.17, 15) is 9.59 Å². The number of allylic oxidation sites excluding steroid dienone is 1. The van der Waals surface area contributed by atoms with Gasteiger partial charge in [-0.3, -0.25) is 4.79 Å². The number of benzene rings is 2. The zero-order valence-electron chi connectivity index (χ0n) is 17.7. The number of nitrogens with zero attached hydrogens (tertiary/aromatic N) is 1. The molecule has 0 spiro atoms. The van der Waals surface area contributed by atoms with Crippen molar-refractivity contribution in [3.8, 4) is 11.5 Å². The monoisotopic (exact) mass is 433 g/mol. The Bertz CT molecular complexity index is 1140. The second kappa shape index (κ2) is 8.78. The predicted octanol–water partition coefficient (Wildman–Crippen LogP) is 5.74. The Labute approximate surface area is 185 Å². The summed E-state index contributed by atoms with van der Waals surface area (Å²) in [6, 6.07) is 14.8. The highest BCUT2D eigenvalue weighted by atomic mass is 32.1. The molecule has 2 aromatic carbocycles. The summed E-state index contributed by atoms with van der Waals surface area (Å²) in [5.74, 6) is 0.423. The smallest absolute Gasteiger partial charge is 0.353 e. The molecule has 158 valence electrons. The summed E-state index contributed by atoms with van der Waals surface area (Å²) < 4.78 is 11.3. The number of hydrogen-bond donors (Lipinski definition) is 0. The first-order valence-electron chi connectivity index (χ1n) is 10.2. The molecule has 0 bridgehead atoms. The van der Waals surface area contributed by atoms with Gasteiger partial charge in [-0.1, -0.05) is 18.2 Å². The quantitative estimate of drug-likeness (QED) is 0.282. The van der Waals surface area contributed by atoms with Gasteiger partial charge in [0.15, 0.2) is 5.76 Å². The lowest BCUT2D eigenvalue weighted by Gasteiger charge is -2.20. The van der Waals surface area contributed by atoms with Crippen LogP contribution in [0.4, 0.5) is 5.69 Å². The van der Waals surface area contributed by atoms with Crippen molar-refractivity contribution >= 4 is 34.9 Å². The Morgan fingerprint density at radius 1 is 1.13 bits per heavy atom. The fraction of sp³-hybridized carbons (Fsp3) is 0.200. The molecular formula is C25H23NO4S. The molecule has 4 rings (SSSR count). The number of aryl methyl sites for hydroxylation is 1. The van der Waals surface area contributed by atoms with Crippen molar-refractivity contribution in [1.82, 2.24) is 0 Å². The van der Waals surface area contributed by atoms with Gasteiger partial charge in [-0.05, 0) is 67.6 Å². The Balaban J connectivity index is 1.56. The van der Waals surface area contributed by atoms with E-state index in [1.54, 1.807) is 30.3 Å². The number of carbonyl (C=O) groups excluding carboxylic acids is 2. The minimum Gasteiger partial charge on any atom is -0.452 e. The lowest BCUT2D eigenvalue weighted by atomic mass is 10.0. The molecule has 1 aliphatic heterocycles. The summed E-state index contributed by atoms with van der Waals surface area (Å²) >= 11 is 1.32. The van der Waals surface area contributed by atoms with E-state index >= 15 is 0 Å². The van der Waals surface area contributed by atoms with Crippen LogP contribution in [0.15, 0.2) is 59.7 Å². The summed E-state index contributed by atoms with van der Waals surface area (Å²) in [5, 5.41) is 1.82. The molecule has 0 unspecified atom stereocenters. The van der Waals surface area contributed by atoms with Crippen LogP contribution in [0.5, 0.6) is 11.5 Å². The number of Topliss-reactive ketones (excluding diaryl/α,β-unsaturated/α-hetero) is 1. The second-order valence-electron chi connectivity index (χ2n) is 7.18. The third-order valence-corrected chi connectivity index (χ3v) is 6.05. The first-order chi connectivity index (χ1) is 15.0. The number of ether oxygens (including phenoxy) is 2. The molecule has 0 aliphatic carbocycles. The molecule has 1 aromatic heterocycles. The van der Waals surface area contributed by atoms with Crippen molar-refractivity contribution in [2.45, 2.75) is 20.8 Å². The van der Waals surface area contributed by atoms with Crippen LogP contribution >= 0.6 is 11.3 Å². The van der Waals surface area contributed by atoms with Gasteiger partial charge in [0, 0.05) is 24.8 Å². The second-order valence-corrected chi connectivity index (χ2v) is 8.13. The van der Waals surface area contributed by atoms with Crippen LogP contribution in [0.25, 0.3) is 6.08 Å². The normalized spacial score (nSPS) is 13.8. The molecule has 31 heavy (non-hydrogen) atoms. The zero-order chi connectivity index (χ0) is 22.0. The van der Waals surface area contributed by atoms with Gasteiger partial charge in [0.1, 0.15) is 16.4 Å². The Morgan fingerprint density at radius 3 is 2.52 bits per heavy atom. The van der Waals surface area contributed by atoms with Crippen molar-refractivity contribution in [3.63, 3.8) is 0 Å². The van der Waals surface area contributed by atoms with E-state index in [0.717, 1.165) is 24.3 Å². The van der Waals surface area contributed by atoms with Gasteiger partial charge in [-0.15, -0.1) is 11.3 Å². The van der Waals surface area contributed by atoms with Crippen LogP contribution in [0, 0.1) is 6.92 Å². The van der Waals surface area contributed by atoms with E-state index in [0.29, 0.717) is 27.5 Å². The lowest BCUT2D eigenvalue weighted by Crippen LogP contribution is -2.21. The fourth-order valence-electron chi connectivity index (χ4n) is 3.61. The number of fused-ring (bicyclic) bond motifs is 1. The van der Waals surface area contributed by atoms with Crippen LogP contribution in [0.3, 0.4) is 0 Å². The first kappa shape index (κ1) is 20.9. The molecule has 0 N–H and O–H groups in total. The van der Waals surface area contributed by atoms with Gasteiger partial charge in [-0.2, -0.15) is 0 Å². The molecule has 1 aliphatic rings. The first-order valence-corrected chi connectivity index (χ1v) is 11.1. The van der Waals surface area contributed by atoms with Crippen LogP contribution in [0.1, 0.15) is 45.0 Å². The average molecular weight is 434 g/mol. The lowest BCUT2D eigenvalue weighted by molar-refractivity contribution is 0.0739. The SMILES string of the molecule is CCN(CC)c1ccc(/C=C2\Oc3cc(OC(=O)c4cccs4)cc(C)c3C2=O)cc1. The number of ketones is 1. The molecule has 3 aromatic rings. The minimum absolute atomic E-state index is 0.170. The van der Waals surface area contributed by atoms with Crippen molar-refractivity contribution in [2.75, 3.05) is 18.0 Å². The van der Waals surface area contributed by atoms with Crippen molar-refractivity contribution in [3.05, 3.63) is 81.2 Å². The van der Waals surface area contributed by atoms with Gasteiger partial charge in [-0.25, -0.2) is 4.79 Å². The number of carbonyl (C=O) groups is 2. The molecule has 0 saturated heterocycles. The molecule has 0 atom stereocenters. The number of hydrogen-bond acceptors (Lipinski definition) is 6. The van der Waals surface area contributed by atoms with Gasteiger partial charge < -0.3 is 14.4 Å². The largest absolute Gasteiger partial charge is 0.452 e. The molecular weight excluding hydrogens is 410 g/mol. The predicted molar refractivity (Wildman–Crippen MR) is 123 cm³/mol. The highest BCUT2D eigenvalue weighted by molar-refractivity contribution is 7.12. The molecule has 0 radical (unpaired) electrons. The van der Waals surface area contributed by atoms with Gasteiger partial charge in [0.2, 0.25) is 5.78 Å². The Morgan fingerprint density at radius 2 is 1.87 bits per heavy atom. The summed E-state index contributed by atoms with van der Waals surface area (Å²) in [6.07, 6.45) is 1.74. The number of rotatable bonds is 6. The third kappa shape index (κ3) is 4.25. The van der Waals surface area contributed by atoms with E-state index in [1.807, 2.05) is 36.6 Å². The summed E-state index contributed by atoms with van der Waals surface area (Å²) in [7, 11) is 0. The van der Waals surface area contributed by atoms with E-state index in [2.05, 4.69) is 18.7 Å². The number of anilines is 1. The fourth-order valence-corrected chi connectivity index (χ4v) is 4.21. The van der Waals surface area contributed by atoms with E-state index in [4.69, 9.17) is 9.47 Å². The van der Waals surface area contributed by atoms with Crippen molar-refractivity contribution in [1.29, 1.82) is 0 Å². The van der Waals surface area contributed by atoms with E-state index in [-0.39, 0.29) is 11.5 Å². The maximum Gasteiger partial charge on any atom is 0.353 e. The highest BCUT2D eigenvalue weighted by Crippen LogP contribution is 2.38. The average Bonchev–Trinajstić information content (AvgIpc) is 3.39. The molecule has 0 amide bonds. The van der Waals surface area contributed by atoms with Crippen LogP contribution in [0.2, 0.25) is 0 Å². The zero-order valence-corrected chi connectivity index (χ0v) is 18.5. The topological polar surface area (TPSA) is 55.8 Å². The number of esters is 1. The van der Waals surface area contributed by atoms with Gasteiger partial charge in [0.05, 0.1) is 5.56 Å². The van der Waals surface area contributed by atoms with Crippen molar-refractivity contribution in [2.24, 2.45) is 0 Å². The van der Waals surface area contributed by atoms with E-state index in [1.165, 1.54) is 11.3 Å². The molecule has 2 heterocycles. The summed E-state index contributed by atoms with van der Waals surface area (Å²) in [5.41, 5.74) is 3.23. The highest BCUT2D eigenvalue weighted by Gasteiger charge is 2.30. The maximum absolute atomic E-state index is 12.9. The maximum atomic E-state index is 12.9. The summed E-state index contributed by atoms with van der Waals surface area (Å²) in [6.45, 7) is 7.93. The minimum atomic E-state index is -0.428. The standard InChI is InChI=1S/C25H23NO4S/c1-4-26(5-2)18-10-8-17(9-11-18)14-21-24(27)23-16(3)13-19(15-20(23)30-21)29-25(28)22-7-6-12-31-22/h6-15H,4-5H2,1-3H3/b21-14-. The molecule has 0 fully saturated rings. The van der Waals surface area contributed by atoms with Crippen LogP contribution < -0.4 is 14.4 Å². The molecule has 6 heteroatoms. The van der Waals surface area contributed by atoms with Gasteiger partial charge >= 0.3 is 5.97 Å². The molecule has 0 saturated carbocycles. The molecule has 5 nitrogen and oxygen atoms in total.